The largest absolute Gasteiger partial charge is 0.457 e. The maximum absolute atomic E-state index is 13.1. The van der Waals surface area contributed by atoms with Gasteiger partial charge in [-0.25, -0.2) is 0 Å². The molecular formula is C26H28N2O2. The Hall–Kier alpha value is -3.11. The van der Waals surface area contributed by atoms with Crippen LogP contribution in [0.1, 0.15) is 17.5 Å². The van der Waals surface area contributed by atoms with Crippen molar-refractivity contribution in [3.63, 3.8) is 0 Å². The SMILES string of the molecule is O=C(CCc1ccccc1Oc1ccccc1)N1CCNCC1Cc1ccccc1. The van der Waals surface area contributed by atoms with Crippen molar-refractivity contribution in [3.8, 4) is 11.5 Å². The third-order valence-electron chi connectivity index (χ3n) is 5.54. The number of benzene rings is 3. The lowest BCUT2D eigenvalue weighted by Crippen LogP contribution is -2.54. The monoisotopic (exact) mass is 400 g/mol. The van der Waals surface area contributed by atoms with Gasteiger partial charge in [0, 0.05) is 32.1 Å². The van der Waals surface area contributed by atoms with Crippen molar-refractivity contribution in [1.29, 1.82) is 0 Å². The lowest BCUT2D eigenvalue weighted by molar-refractivity contribution is -0.134. The molecule has 1 saturated heterocycles. The number of nitrogens with zero attached hydrogens (tertiary/aromatic N) is 1. The van der Waals surface area contributed by atoms with Gasteiger partial charge >= 0.3 is 0 Å². The minimum atomic E-state index is 0.199. The minimum Gasteiger partial charge on any atom is -0.457 e. The van der Waals surface area contributed by atoms with Gasteiger partial charge in [0.05, 0.1) is 0 Å². The first-order valence-electron chi connectivity index (χ1n) is 10.6. The average molecular weight is 401 g/mol. The molecule has 0 saturated carbocycles. The predicted molar refractivity (Wildman–Crippen MR) is 120 cm³/mol. The Morgan fingerprint density at radius 1 is 0.933 bits per heavy atom. The Balaban J connectivity index is 1.40. The highest BCUT2D eigenvalue weighted by Gasteiger charge is 2.26. The molecule has 4 rings (SSSR count). The maximum Gasteiger partial charge on any atom is 0.223 e. The van der Waals surface area contributed by atoms with Crippen molar-refractivity contribution >= 4 is 5.91 Å². The first-order valence-corrected chi connectivity index (χ1v) is 10.6. The van der Waals surface area contributed by atoms with Gasteiger partial charge in [-0.15, -0.1) is 0 Å². The summed E-state index contributed by atoms with van der Waals surface area (Å²) in [5.41, 5.74) is 2.33. The summed E-state index contributed by atoms with van der Waals surface area (Å²) in [4.78, 5) is 15.2. The maximum atomic E-state index is 13.1. The van der Waals surface area contributed by atoms with Crippen LogP contribution in [0.5, 0.6) is 11.5 Å². The third kappa shape index (κ3) is 5.28. The second-order valence-electron chi connectivity index (χ2n) is 7.66. The number of hydrogen-bond acceptors (Lipinski definition) is 3. The summed E-state index contributed by atoms with van der Waals surface area (Å²) < 4.78 is 6.05. The van der Waals surface area contributed by atoms with E-state index in [-0.39, 0.29) is 11.9 Å². The van der Waals surface area contributed by atoms with Gasteiger partial charge in [0.15, 0.2) is 0 Å². The summed E-state index contributed by atoms with van der Waals surface area (Å²) in [5, 5.41) is 3.44. The second kappa shape index (κ2) is 10.1. The molecule has 3 aromatic carbocycles. The molecule has 1 atom stereocenters. The smallest absolute Gasteiger partial charge is 0.223 e. The lowest BCUT2D eigenvalue weighted by atomic mass is 10.0. The van der Waals surface area contributed by atoms with Gasteiger partial charge < -0.3 is 15.0 Å². The number of hydrogen-bond donors (Lipinski definition) is 1. The molecule has 1 aliphatic heterocycles. The van der Waals surface area contributed by atoms with Crippen LogP contribution in [0.25, 0.3) is 0 Å². The van der Waals surface area contributed by atoms with E-state index in [1.807, 2.05) is 60.7 Å². The zero-order valence-electron chi connectivity index (χ0n) is 17.2. The minimum absolute atomic E-state index is 0.199. The van der Waals surface area contributed by atoms with E-state index in [0.29, 0.717) is 12.8 Å². The number of para-hydroxylation sites is 2. The normalized spacial score (nSPS) is 16.3. The highest BCUT2D eigenvalue weighted by atomic mass is 16.5. The molecule has 154 valence electrons. The van der Waals surface area contributed by atoms with Crippen LogP contribution < -0.4 is 10.1 Å². The van der Waals surface area contributed by atoms with E-state index < -0.39 is 0 Å². The van der Waals surface area contributed by atoms with Crippen molar-refractivity contribution in [2.24, 2.45) is 0 Å². The zero-order valence-corrected chi connectivity index (χ0v) is 17.2. The van der Waals surface area contributed by atoms with E-state index in [9.17, 15) is 4.79 Å². The highest BCUT2D eigenvalue weighted by molar-refractivity contribution is 5.77. The first-order chi connectivity index (χ1) is 14.8. The first kappa shape index (κ1) is 20.2. The molecule has 0 aliphatic carbocycles. The van der Waals surface area contributed by atoms with E-state index in [1.165, 1.54) is 5.56 Å². The van der Waals surface area contributed by atoms with Crippen molar-refractivity contribution in [3.05, 3.63) is 96.1 Å². The fourth-order valence-corrected chi connectivity index (χ4v) is 3.97. The van der Waals surface area contributed by atoms with Crippen LogP contribution in [0.15, 0.2) is 84.9 Å². The lowest BCUT2D eigenvalue weighted by Gasteiger charge is -2.36. The van der Waals surface area contributed by atoms with E-state index in [2.05, 4.69) is 34.5 Å². The van der Waals surface area contributed by atoms with Crippen LogP contribution in [0, 0.1) is 0 Å². The molecule has 4 heteroatoms. The van der Waals surface area contributed by atoms with Crippen LogP contribution in [-0.2, 0) is 17.6 Å². The molecule has 4 nitrogen and oxygen atoms in total. The van der Waals surface area contributed by atoms with Crippen molar-refractivity contribution in [2.75, 3.05) is 19.6 Å². The summed E-state index contributed by atoms with van der Waals surface area (Å²) in [6.07, 6.45) is 2.04. The van der Waals surface area contributed by atoms with Crippen molar-refractivity contribution < 1.29 is 9.53 Å². The Bertz CT molecular complexity index is 944. The molecule has 1 aliphatic rings. The quantitative estimate of drug-likeness (QED) is 0.637. The summed E-state index contributed by atoms with van der Waals surface area (Å²) in [7, 11) is 0. The van der Waals surface area contributed by atoms with Gasteiger partial charge in [0.25, 0.3) is 0 Å². The molecule has 3 aromatic rings. The van der Waals surface area contributed by atoms with E-state index in [4.69, 9.17) is 4.74 Å². The molecule has 0 spiro atoms. The van der Waals surface area contributed by atoms with E-state index in [1.54, 1.807) is 0 Å². The molecule has 0 bridgehead atoms. The number of rotatable bonds is 7. The molecular weight excluding hydrogens is 372 g/mol. The van der Waals surface area contributed by atoms with Gasteiger partial charge in [0.2, 0.25) is 5.91 Å². The predicted octanol–water partition coefficient (Wildman–Crippen LogP) is 4.45. The molecule has 1 N–H and O–H groups in total. The topological polar surface area (TPSA) is 41.6 Å². The Morgan fingerprint density at radius 2 is 1.63 bits per heavy atom. The van der Waals surface area contributed by atoms with Crippen LogP contribution >= 0.6 is 0 Å². The average Bonchev–Trinajstić information content (AvgIpc) is 2.80. The van der Waals surface area contributed by atoms with Crippen LogP contribution in [-0.4, -0.2) is 36.5 Å². The summed E-state index contributed by atoms with van der Waals surface area (Å²) in [6, 6.07) is 28.4. The standard InChI is InChI=1S/C26H28N2O2/c29-26(28-18-17-27-20-23(28)19-21-9-3-1-4-10-21)16-15-22-11-7-8-14-25(22)30-24-12-5-2-6-13-24/h1-14,23,27H,15-20H2. The van der Waals surface area contributed by atoms with E-state index >= 15 is 0 Å². The number of amides is 1. The molecule has 1 amide bonds. The second-order valence-corrected chi connectivity index (χ2v) is 7.66. The summed E-state index contributed by atoms with van der Waals surface area (Å²) in [5.74, 6) is 1.84. The van der Waals surface area contributed by atoms with Gasteiger partial charge in [-0.1, -0.05) is 66.7 Å². The highest BCUT2D eigenvalue weighted by Crippen LogP contribution is 2.26. The number of carbonyl (C=O) groups excluding carboxylic acids is 1. The fraction of sp³-hybridized carbons (Fsp3) is 0.269. The molecule has 0 radical (unpaired) electrons. The van der Waals surface area contributed by atoms with Gasteiger partial charge in [-0.2, -0.15) is 0 Å². The Labute approximate surface area is 178 Å². The molecule has 1 unspecified atom stereocenters. The third-order valence-corrected chi connectivity index (χ3v) is 5.54. The van der Waals surface area contributed by atoms with Crippen molar-refractivity contribution in [1.82, 2.24) is 10.2 Å². The molecule has 1 heterocycles. The van der Waals surface area contributed by atoms with Crippen LogP contribution in [0.3, 0.4) is 0 Å². The van der Waals surface area contributed by atoms with Gasteiger partial charge in [-0.05, 0) is 42.2 Å². The fourth-order valence-electron chi connectivity index (χ4n) is 3.97. The van der Waals surface area contributed by atoms with Crippen LogP contribution in [0.4, 0.5) is 0 Å². The summed E-state index contributed by atoms with van der Waals surface area (Å²) in [6.45, 7) is 2.46. The van der Waals surface area contributed by atoms with Crippen LogP contribution in [0.2, 0.25) is 0 Å². The molecule has 0 aromatic heterocycles. The number of ether oxygens (including phenoxy) is 1. The summed E-state index contributed by atoms with van der Waals surface area (Å²) >= 11 is 0. The van der Waals surface area contributed by atoms with Gasteiger partial charge in [-0.3, -0.25) is 4.79 Å². The Morgan fingerprint density at radius 3 is 2.43 bits per heavy atom. The number of carbonyl (C=O) groups is 1. The Kier molecular flexibility index (Phi) is 6.78. The van der Waals surface area contributed by atoms with E-state index in [0.717, 1.165) is 43.1 Å². The van der Waals surface area contributed by atoms with Crippen molar-refractivity contribution in [2.45, 2.75) is 25.3 Å². The molecule has 1 fully saturated rings. The number of aryl methyl sites for hydroxylation is 1. The number of nitrogens with one attached hydrogen (secondary N) is 1. The number of piperazine rings is 1. The zero-order chi connectivity index (χ0) is 20.6. The van der Waals surface area contributed by atoms with Gasteiger partial charge in [0.1, 0.15) is 11.5 Å². The molecule has 30 heavy (non-hydrogen) atoms.